The van der Waals surface area contributed by atoms with Crippen molar-refractivity contribution in [3.8, 4) is 5.75 Å². The number of carboxylic acids is 4. The number of nitrogens with one attached hydrogen (secondary N) is 9. The fourth-order valence-electron chi connectivity index (χ4n) is 7.76. The van der Waals surface area contributed by atoms with Crippen LogP contribution in [0.4, 0.5) is 0 Å². The van der Waals surface area contributed by atoms with Gasteiger partial charge in [0.2, 0.25) is 53.2 Å². The van der Waals surface area contributed by atoms with E-state index in [2.05, 4.69) is 47.9 Å². The summed E-state index contributed by atoms with van der Waals surface area (Å²) in [4.78, 5) is 170. The number of benzene rings is 1. The van der Waals surface area contributed by atoms with Crippen LogP contribution < -0.4 is 65.1 Å². The lowest BCUT2D eigenvalue weighted by Crippen LogP contribution is -2.60. The number of thioether (sulfide) groups is 1. The smallest absolute Gasteiger partial charge is 0.326 e. The first-order valence-corrected chi connectivity index (χ1v) is 28.1. The molecule has 0 aliphatic rings. The Bertz CT molecular complexity index is 2370. The second kappa shape index (κ2) is 38.9. The Hall–Kier alpha value is -7.68. The van der Waals surface area contributed by atoms with E-state index in [4.69, 9.17) is 17.2 Å². The van der Waals surface area contributed by atoms with Gasteiger partial charge >= 0.3 is 23.9 Å². The highest BCUT2D eigenvalue weighted by molar-refractivity contribution is 7.98. The van der Waals surface area contributed by atoms with Crippen LogP contribution in [-0.2, 0) is 68.7 Å². The van der Waals surface area contributed by atoms with E-state index in [0.717, 1.165) is 0 Å². The van der Waals surface area contributed by atoms with Crippen molar-refractivity contribution in [3.05, 3.63) is 29.8 Å². The normalized spacial score (nSPS) is 14.7. The first-order chi connectivity index (χ1) is 39.0. The van der Waals surface area contributed by atoms with Gasteiger partial charge in [-0.1, -0.05) is 26.0 Å². The van der Waals surface area contributed by atoms with Crippen LogP contribution in [-0.4, -0.2) is 200 Å². The number of aliphatic hydroxyl groups excluding tert-OH is 1. The molecule has 0 aliphatic carbocycles. The van der Waals surface area contributed by atoms with Crippen LogP contribution in [0, 0.1) is 5.92 Å². The number of carbonyl (C=O) groups excluding carboxylic acids is 9. The Kier molecular flexibility index (Phi) is 34.4. The van der Waals surface area contributed by atoms with Gasteiger partial charge in [0.1, 0.15) is 60.1 Å². The molecular formula is C51H82N12O19S. The van der Waals surface area contributed by atoms with Crippen molar-refractivity contribution in [2.24, 2.45) is 23.1 Å². The lowest BCUT2D eigenvalue weighted by Gasteiger charge is -2.28. The summed E-state index contributed by atoms with van der Waals surface area (Å²) in [5, 5.41) is 79.1. The van der Waals surface area contributed by atoms with Gasteiger partial charge in [-0.25, -0.2) is 4.79 Å². The van der Waals surface area contributed by atoms with Crippen LogP contribution in [0.15, 0.2) is 24.3 Å². The van der Waals surface area contributed by atoms with Gasteiger partial charge in [0.15, 0.2) is 0 Å². The zero-order chi connectivity index (χ0) is 62.9. The van der Waals surface area contributed by atoms with Gasteiger partial charge in [-0.15, -0.1) is 0 Å². The monoisotopic (exact) mass is 1200 g/mol. The summed E-state index contributed by atoms with van der Waals surface area (Å²) in [5.41, 5.74) is 17.2. The summed E-state index contributed by atoms with van der Waals surface area (Å²) in [5.74, 6) is -15.6. The van der Waals surface area contributed by atoms with Gasteiger partial charge in [-0.2, -0.15) is 11.8 Å². The lowest BCUT2D eigenvalue weighted by molar-refractivity contribution is -0.143. The highest BCUT2D eigenvalue weighted by atomic mass is 32.2. The van der Waals surface area contributed by atoms with E-state index in [1.165, 1.54) is 43.0 Å². The highest BCUT2D eigenvalue weighted by Gasteiger charge is 2.36. The maximum absolute atomic E-state index is 14.1. The molecule has 31 nitrogen and oxygen atoms in total. The second-order valence-corrected chi connectivity index (χ2v) is 20.8. The molecule has 0 spiro atoms. The fourth-order valence-corrected chi connectivity index (χ4v) is 8.23. The minimum atomic E-state index is -1.91. The second-order valence-electron chi connectivity index (χ2n) is 19.8. The molecular weight excluding hydrogens is 1120 g/mol. The summed E-state index contributed by atoms with van der Waals surface area (Å²) < 4.78 is 0. The number of hydrogen-bond acceptors (Lipinski definition) is 19. The van der Waals surface area contributed by atoms with E-state index in [1.807, 2.05) is 0 Å². The third-order valence-electron chi connectivity index (χ3n) is 12.3. The molecule has 1 aromatic rings. The molecule has 32 heteroatoms. The molecule has 0 fully saturated rings. The topological polar surface area (TPSA) is 530 Å². The lowest BCUT2D eigenvalue weighted by atomic mass is 10.0. The Morgan fingerprint density at radius 2 is 0.928 bits per heavy atom. The first-order valence-electron chi connectivity index (χ1n) is 26.7. The van der Waals surface area contributed by atoms with Crippen LogP contribution in [0.2, 0.25) is 0 Å². The van der Waals surface area contributed by atoms with Crippen molar-refractivity contribution >= 4 is 88.8 Å². The zero-order valence-electron chi connectivity index (χ0n) is 46.8. The number of phenols is 1. The minimum Gasteiger partial charge on any atom is -0.508 e. The molecule has 83 heavy (non-hydrogen) atoms. The number of rotatable bonds is 42. The number of unbranched alkanes of at least 4 members (excludes halogenated alkanes) is 2. The first kappa shape index (κ1) is 73.3. The van der Waals surface area contributed by atoms with Crippen molar-refractivity contribution < 1.29 is 93.0 Å². The third-order valence-corrected chi connectivity index (χ3v) is 12.9. The maximum atomic E-state index is 14.1. The maximum Gasteiger partial charge on any atom is 0.326 e. The van der Waals surface area contributed by atoms with E-state index >= 15 is 0 Å². The van der Waals surface area contributed by atoms with Gasteiger partial charge in [-0.05, 0) is 113 Å². The SMILES string of the molecule is CSCC[C@H](NC(=O)[C@H](CC(C)C)NC(=O)[C@H](CC(=O)O)NC(=O)[C@H](CCCCN)NC(=O)CNC(=O)[C@H](Cc1ccc(O)cc1)NC(=O)[C@H](CC(=O)O)NC(=O)[C@@H](N)[C@@H](C)O)C(=O)N[C@@H](CCC(=O)O)C(=O)N[C@@H](CCCCN)C(=O)O. The minimum absolute atomic E-state index is 0.0212. The molecule has 0 bridgehead atoms. The average Bonchev–Trinajstić information content (AvgIpc) is 3.43. The molecule has 0 saturated carbocycles. The van der Waals surface area contributed by atoms with Crippen molar-refractivity contribution in [2.75, 3.05) is 31.6 Å². The molecule has 0 radical (unpaired) electrons. The molecule has 0 aliphatic heterocycles. The van der Waals surface area contributed by atoms with E-state index in [9.17, 15) is 93.0 Å². The molecule has 0 saturated heterocycles. The fraction of sp³-hybridized carbons (Fsp3) is 0.627. The molecule has 1 rings (SSSR count). The van der Waals surface area contributed by atoms with E-state index in [1.54, 1.807) is 20.1 Å². The predicted octanol–water partition coefficient (Wildman–Crippen LogP) is -4.41. The molecule has 0 unspecified atom stereocenters. The number of aromatic hydroxyl groups is 1. The number of carboxylic acid groups (broad SMARTS) is 4. The highest BCUT2D eigenvalue weighted by Crippen LogP contribution is 2.14. The van der Waals surface area contributed by atoms with Crippen LogP contribution in [0.25, 0.3) is 0 Å². The Balaban J connectivity index is 3.45. The van der Waals surface area contributed by atoms with Crippen molar-refractivity contribution in [2.45, 2.75) is 165 Å². The van der Waals surface area contributed by atoms with Crippen molar-refractivity contribution in [1.29, 1.82) is 0 Å². The summed E-state index contributed by atoms with van der Waals surface area (Å²) in [6.07, 6.45) is -2.24. The number of nitrogens with two attached hydrogens (primary N) is 3. The Labute approximate surface area is 483 Å². The molecule has 0 heterocycles. The molecule has 10 atom stereocenters. The molecule has 9 amide bonds. The molecule has 0 aromatic heterocycles. The molecule has 466 valence electrons. The summed E-state index contributed by atoms with van der Waals surface area (Å²) in [6, 6.07) is -9.00. The van der Waals surface area contributed by atoms with Crippen LogP contribution in [0.5, 0.6) is 5.75 Å². The predicted molar refractivity (Wildman–Crippen MR) is 297 cm³/mol. The number of carbonyl (C=O) groups is 13. The number of hydrogen-bond donors (Lipinski definition) is 18. The standard InChI is InChI=1S/C51H82N12O19S/c1-26(2)21-34(47(77)58-32(17-20-83-4)46(76)57-31(15-16-39(67)68)45(75)59-33(51(81)82)10-6-8-19-53)60-48(78)36(23-40(69)70)62-44(74)30(9-5-7-18-52)56-38(66)25-55-43(73)35(22-28-11-13-29(65)14-12-28)61-49(79)37(24-41(71)72)63-50(80)42(54)27(3)64/h11-14,26-27,30-37,42,64-65H,5-10,15-25,52-54H2,1-4H3,(H,55,73)(H,56,66)(H,57,76)(H,58,77)(H,59,75)(H,60,78)(H,61,79)(H,62,74)(H,63,80)(H,67,68)(H,69,70)(H,71,72)(H,81,82)/t27-,30+,31+,32+,33+,34+,35+,36+,37+,42+/m1/s1. The van der Waals surface area contributed by atoms with Crippen LogP contribution >= 0.6 is 11.8 Å². The number of amides is 9. The van der Waals surface area contributed by atoms with Crippen LogP contribution in [0.1, 0.15) is 103 Å². The largest absolute Gasteiger partial charge is 0.508 e. The Morgan fingerprint density at radius 1 is 0.506 bits per heavy atom. The van der Waals surface area contributed by atoms with Gasteiger partial charge in [0, 0.05) is 12.8 Å². The van der Waals surface area contributed by atoms with E-state index < -0.39 is 170 Å². The Morgan fingerprint density at radius 3 is 1.39 bits per heavy atom. The van der Waals surface area contributed by atoms with Crippen molar-refractivity contribution in [3.63, 3.8) is 0 Å². The number of phenolic OH excluding ortho intramolecular Hbond substituents is 1. The van der Waals surface area contributed by atoms with E-state index in [-0.39, 0.29) is 69.0 Å². The van der Waals surface area contributed by atoms with Gasteiger partial charge in [0.25, 0.3) is 0 Å². The number of aliphatic hydroxyl groups is 1. The summed E-state index contributed by atoms with van der Waals surface area (Å²) in [7, 11) is 0. The third kappa shape index (κ3) is 29.7. The summed E-state index contributed by atoms with van der Waals surface area (Å²) >= 11 is 1.27. The quantitative estimate of drug-likeness (QED) is 0.0275. The van der Waals surface area contributed by atoms with E-state index in [0.29, 0.717) is 24.8 Å². The molecule has 1 aromatic carbocycles. The summed E-state index contributed by atoms with van der Waals surface area (Å²) in [6.45, 7) is 4.05. The van der Waals surface area contributed by atoms with Gasteiger partial charge in [0.05, 0.1) is 25.5 Å². The van der Waals surface area contributed by atoms with Gasteiger partial charge < -0.3 is 95.7 Å². The van der Waals surface area contributed by atoms with Crippen LogP contribution in [0.3, 0.4) is 0 Å². The van der Waals surface area contributed by atoms with Gasteiger partial charge in [-0.3, -0.25) is 57.5 Å². The zero-order valence-corrected chi connectivity index (χ0v) is 47.6. The van der Waals surface area contributed by atoms with Crippen molar-refractivity contribution in [1.82, 2.24) is 47.9 Å². The average molecular weight is 1200 g/mol. The number of aliphatic carboxylic acids is 4. The molecule has 21 N–H and O–H groups in total.